The van der Waals surface area contributed by atoms with Crippen molar-refractivity contribution in [2.24, 2.45) is 5.73 Å². The highest BCUT2D eigenvalue weighted by Crippen LogP contribution is 2.24. The van der Waals surface area contributed by atoms with Crippen molar-refractivity contribution in [3.05, 3.63) is 11.8 Å². The van der Waals surface area contributed by atoms with E-state index in [9.17, 15) is 4.79 Å². The molecule has 1 fully saturated rings. The van der Waals surface area contributed by atoms with Crippen LogP contribution in [0.2, 0.25) is 0 Å². The van der Waals surface area contributed by atoms with E-state index in [0.717, 1.165) is 12.8 Å². The van der Waals surface area contributed by atoms with Gasteiger partial charge in [-0.3, -0.25) is 4.79 Å². The molecule has 2 rings (SSSR count). The summed E-state index contributed by atoms with van der Waals surface area (Å²) in [6.07, 6.45) is 5.06. The molecule has 0 amide bonds. The Kier molecular flexibility index (Phi) is 4.31. The van der Waals surface area contributed by atoms with E-state index in [4.69, 9.17) is 5.73 Å². The maximum atomic E-state index is 11.6. The molecule has 1 aromatic rings. The third kappa shape index (κ3) is 3.64. The molecule has 19 heavy (non-hydrogen) atoms. The average Bonchev–Trinajstić information content (AvgIpc) is 2.31. The summed E-state index contributed by atoms with van der Waals surface area (Å²) < 4.78 is 0. The van der Waals surface area contributed by atoms with Crippen molar-refractivity contribution in [1.82, 2.24) is 9.97 Å². The first kappa shape index (κ1) is 13.7. The number of aromatic nitrogens is 2. The number of ketones is 1. The summed E-state index contributed by atoms with van der Waals surface area (Å²) in [5, 5.41) is 6.37. The Bertz CT molecular complexity index is 456. The molecular formula is C13H21N5O. The number of hydrogen-bond donors (Lipinski definition) is 3. The summed E-state index contributed by atoms with van der Waals surface area (Å²) in [5.74, 6) is 1.10. The maximum absolute atomic E-state index is 11.6. The minimum absolute atomic E-state index is 0.0270. The molecule has 0 radical (unpaired) electrons. The molecule has 0 unspecified atom stereocenters. The largest absolute Gasteiger partial charge is 0.367 e. The zero-order valence-electron chi connectivity index (χ0n) is 11.4. The predicted molar refractivity (Wildman–Crippen MR) is 75.4 cm³/mol. The number of carbonyl (C=O) groups is 1. The molecule has 0 saturated heterocycles. The smallest absolute Gasteiger partial charge is 0.224 e. The fourth-order valence-electron chi connectivity index (χ4n) is 1.83. The van der Waals surface area contributed by atoms with Gasteiger partial charge in [0.2, 0.25) is 5.95 Å². The highest BCUT2D eigenvalue weighted by molar-refractivity contribution is 5.98. The summed E-state index contributed by atoms with van der Waals surface area (Å²) in [7, 11) is 0. The molecule has 4 N–H and O–H groups in total. The molecule has 1 aliphatic carbocycles. The Hall–Kier alpha value is -1.69. The van der Waals surface area contributed by atoms with Crippen molar-refractivity contribution < 1.29 is 4.79 Å². The van der Waals surface area contributed by atoms with E-state index < -0.39 is 0 Å². The molecule has 0 aromatic carbocycles. The van der Waals surface area contributed by atoms with Gasteiger partial charge in [0.05, 0.1) is 5.56 Å². The van der Waals surface area contributed by atoms with Crippen LogP contribution in [0, 0.1) is 0 Å². The van der Waals surface area contributed by atoms with Crippen LogP contribution in [-0.4, -0.2) is 34.4 Å². The normalized spacial score (nSPS) is 16.6. The van der Waals surface area contributed by atoms with Gasteiger partial charge < -0.3 is 16.4 Å². The third-order valence-electron chi connectivity index (χ3n) is 3.20. The zero-order valence-corrected chi connectivity index (χ0v) is 11.4. The van der Waals surface area contributed by atoms with Crippen LogP contribution in [0.3, 0.4) is 0 Å². The standard InChI is InChI=1S/C13H21N5O/c1-8(14)6-15-13-16-7-11(9(2)19)12(18-13)17-10-4-3-5-10/h7-8,10H,3-6,14H2,1-2H3,(H2,15,16,17,18)/t8-/m0/s1. The number of Topliss-reactive ketones (excluding diaryl/α,β-unsaturated/α-hetero) is 1. The average molecular weight is 263 g/mol. The Morgan fingerprint density at radius 1 is 1.58 bits per heavy atom. The topological polar surface area (TPSA) is 92.9 Å². The monoisotopic (exact) mass is 263 g/mol. The van der Waals surface area contributed by atoms with Crippen molar-refractivity contribution in [1.29, 1.82) is 0 Å². The van der Waals surface area contributed by atoms with Crippen LogP contribution in [0.1, 0.15) is 43.5 Å². The number of nitrogens with two attached hydrogens (primary N) is 1. The second-order valence-electron chi connectivity index (χ2n) is 5.14. The van der Waals surface area contributed by atoms with Crippen LogP contribution in [0.25, 0.3) is 0 Å². The third-order valence-corrected chi connectivity index (χ3v) is 3.20. The van der Waals surface area contributed by atoms with Gasteiger partial charge in [-0.2, -0.15) is 4.98 Å². The van der Waals surface area contributed by atoms with Crippen LogP contribution >= 0.6 is 0 Å². The molecule has 1 heterocycles. The first-order chi connectivity index (χ1) is 9.06. The minimum Gasteiger partial charge on any atom is -0.367 e. The molecule has 1 aromatic heterocycles. The van der Waals surface area contributed by atoms with Crippen LogP contribution < -0.4 is 16.4 Å². The summed E-state index contributed by atoms with van der Waals surface area (Å²) in [5.41, 5.74) is 6.22. The van der Waals surface area contributed by atoms with E-state index in [1.54, 1.807) is 6.20 Å². The predicted octanol–water partition coefficient (Wildman–Crippen LogP) is 1.40. The Morgan fingerprint density at radius 2 is 2.32 bits per heavy atom. The molecule has 1 saturated carbocycles. The van der Waals surface area contributed by atoms with E-state index >= 15 is 0 Å². The van der Waals surface area contributed by atoms with Gasteiger partial charge in [0.25, 0.3) is 0 Å². The van der Waals surface area contributed by atoms with Gasteiger partial charge >= 0.3 is 0 Å². The van der Waals surface area contributed by atoms with Crippen LogP contribution in [0.5, 0.6) is 0 Å². The lowest BCUT2D eigenvalue weighted by Crippen LogP contribution is -2.29. The van der Waals surface area contributed by atoms with Crippen molar-refractivity contribution in [3.8, 4) is 0 Å². The van der Waals surface area contributed by atoms with Gasteiger partial charge in [0, 0.05) is 24.8 Å². The Morgan fingerprint density at radius 3 is 2.84 bits per heavy atom. The summed E-state index contributed by atoms with van der Waals surface area (Å²) in [6.45, 7) is 4.03. The van der Waals surface area contributed by atoms with Gasteiger partial charge in [-0.15, -0.1) is 0 Å². The summed E-state index contributed by atoms with van der Waals surface area (Å²) in [4.78, 5) is 20.1. The highest BCUT2D eigenvalue weighted by atomic mass is 16.1. The fraction of sp³-hybridized carbons (Fsp3) is 0.615. The number of rotatable bonds is 6. The molecule has 1 aliphatic rings. The molecule has 1 atom stereocenters. The first-order valence-electron chi connectivity index (χ1n) is 6.70. The van der Waals surface area contributed by atoms with Crippen molar-refractivity contribution in [3.63, 3.8) is 0 Å². The molecule has 104 valence electrons. The van der Waals surface area contributed by atoms with Gasteiger partial charge in [-0.05, 0) is 33.1 Å². The molecular weight excluding hydrogens is 242 g/mol. The van der Waals surface area contributed by atoms with Crippen LogP contribution in [0.4, 0.5) is 11.8 Å². The van der Waals surface area contributed by atoms with Crippen LogP contribution in [-0.2, 0) is 0 Å². The second kappa shape index (κ2) is 5.97. The maximum Gasteiger partial charge on any atom is 0.224 e. The van der Waals surface area contributed by atoms with E-state index in [1.807, 2.05) is 6.92 Å². The van der Waals surface area contributed by atoms with Gasteiger partial charge in [-0.1, -0.05) is 0 Å². The number of anilines is 2. The molecule has 6 heteroatoms. The van der Waals surface area contributed by atoms with Crippen molar-refractivity contribution in [2.45, 2.75) is 45.2 Å². The molecule has 0 aliphatic heterocycles. The molecule has 0 spiro atoms. The van der Waals surface area contributed by atoms with Gasteiger partial charge in [0.15, 0.2) is 5.78 Å². The van der Waals surface area contributed by atoms with Crippen molar-refractivity contribution >= 4 is 17.5 Å². The lowest BCUT2D eigenvalue weighted by molar-refractivity contribution is 0.101. The van der Waals surface area contributed by atoms with E-state index in [2.05, 4.69) is 20.6 Å². The van der Waals surface area contributed by atoms with Crippen LogP contribution in [0.15, 0.2) is 6.20 Å². The summed E-state index contributed by atoms with van der Waals surface area (Å²) >= 11 is 0. The van der Waals surface area contributed by atoms with E-state index in [-0.39, 0.29) is 11.8 Å². The number of hydrogen-bond acceptors (Lipinski definition) is 6. The highest BCUT2D eigenvalue weighted by Gasteiger charge is 2.20. The number of carbonyl (C=O) groups excluding carboxylic acids is 1. The molecule has 0 bridgehead atoms. The number of nitrogens with zero attached hydrogens (tertiary/aromatic N) is 2. The lowest BCUT2D eigenvalue weighted by atomic mass is 9.93. The first-order valence-corrected chi connectivity index (χ1v) is 6.70. The quantitative estimate of drug-likeness (QED) is 0.672. The zero-order chi connectivity index (χ0) is 13.8. The van der Waals surface area contributed by atoms with E-state index in [1.165, 1.54) is 13.3 Å². The lowest BCUT2D eigenvalue weighted by Gasteiger charge is -2.27. The van der Waals surface area contributed by atoms with E-state index in [0.29, 0.717) is 29.9 Å². The van der Waals surface area contributed by atoms with Gasteiger partial charge in [-0.25, -0.2) is 4.98 Å². The number of nitrogens with one attached hydrogen (secondary N) is 2. The SMILES string of the molecule is CC(=O)c1cnc(NC[C@H](C)N)nc1NC1CCC1. The fourth-order valence-corrected chi connectivity index (χ4v) is 1.83. The Balaban J connectivity index is 2.14. The van der Waals surface area contributed by atoms with Gasteiger partial charge in [0.1, 0.15) is 5.82 Å². The second-order valence-corrected chi connectivity index (χ2v) is 5.14. The van der Waals surface area contributed by atoms with Crippen molar-refractivity contribution in [2.75, 3.05) is 17.2 Å². The minimum atomic E-state index is -0.0273. The Labute approximate surface area is 113 Å². The summed E-state index contributed by atoms with van der Waals surface area (Å²) in [6, 6.07) is 0.452. The molecule has 6 nitrogen and oxygen atoms in total.